The van der Waals surface area contributed by atoms with E-state index in [1.54, 1.807) is 12.4 Å². The highest BCUT2D eigenvalue weighted by Crippen LogP contribution is 2.26. The number of anilines is 2. The van der Waals surface area contributed by atoms with E-state index in [0.717, 1.165) is 23.2 Å². The zero-order valence-electron chi connectivity index (χ0n) is 9.95. The third-order valence-electron chi connectivity index (χ3n) is 3.11. The summed E-state index contributed by atoms with van der Waals surface area (Å²) in [5, 5.41) is 3.37. The van der Waals surface area contributed by atoms with E-state index in [1.165, 1.54) is 32.4 Å². The van der Waals surface area contributed by atoms with Crippen LogP contribution in [-0.2, 0) is 0 Å². The first-order valence-electron chi connectivity index (χ1n) is 6.12. The number of hydrogen-bond donors (Lipinski definition) is 2. The van der Waals surface area contributed by atoms with Crippen molar-refractivity contribution in [2.24, 2.45) is 0 Å². The maximum absolute atomic E-state index is 5.87. The van der Waals surface area contributed by atoms with E-state index in [-0.39, 0.29) is 0 Å². The lowest BCUT2D eigenvalue weighted by molar-refractivity contribution is 0.237. The van der Waals surface area contributed by atoms with Gasteiger partial charge in [0.05, 0.1) is 22.0 Å². The fourth-order valence-electron chi connectivity index (χ4n) is 2.16. The molecule has 17 heavy (non-hydrogen) atoms. The molecule has 0 unspecified atom stereocenters. The van der Waals surface area contributed by atoms with Gasteiger partial charge in [-0.15, -0.1) is 0 Å². The van der Waals surface area contributed by atoms with Crippen molar-refractivity contribution in [2.45, 2.75) is 19.3 Å². The molecule has 0 saturated carbocycles. The van der Waals surface area contributed by atoms with Crippen LogP contribution in [0, 0.1) is 0 Å². The van der Waals surface area contributed by atoms with Crippen LogP contribution in [0.3, 0.4) is 0 Å². The van der Waals surface area contributed by atoms with Crippen molar-refractivity contribution in [3.63, 3.8) is 0 Å². The molecule has 5 heteroatoms. The Labute approximate surface area is 111 Å². The highest BCUT2D eigenvalue weighted by atomic mass is 79.9. The Kier molecular flexibility index (Phi) is 4.62. The molecule has 0 aromatic carbocycles. The zero-order valence-corrected chi connectivity index (χ0v) is 11.5. The van der Waals surface area contributed by atoms with E-state index in [2.05, 4.69) is 31.1 Å². The first kappa shape index (κ1) is 12.6. The quantitative estimate of drug-likeness (QED) is 0.896. The van der Waals surface area contributed by atoms with Crippen molar-refractivity contribution >= 4 is 27.3 Å². The number of hydrogen-bond acceptors (Lipinski definition) is 4. The number of pyridine rings is 1. The summed E-state index contributed by atoms with van der Waals surface area (Å²) in [6.07, 6.45) is 7.49. The van der Waals surface area contributed by atoms with Gasteiger partial charge in [-0.25, -0.2) is 0 Å². The van der Waals surface area contributed by atoms with E-state index in [0.29, 0.717) is 5.69 Å². The predicted octanol–water partition coefficient (Wildman–Crippen LogP) is 2.32. The molecular weight excluding hydrogens is 280 g/mol. The average Bonchev–Trinajstić information content (AvgIpc) is 2.34. The van der Waals surface area contributed by atoms with E-state index in [9.17, 15) is 0 Å². The Morgan fingerprint density at radius 3 is 2.76 bits per heavy atom. The number of nitrogens with one attached hydrogen (secondary N) is 1. The monoisotopic (exact) mass is 298 g/mol. The average molecular weight is 299 g/mol. The highest BCUT2D eigenvalue weighted by molar-refractivity contribution is 9.10. The van der Waals surface area contributed by atoms with Crippen molar-refractivity contribution in [3.05, 3.63) is 16.9 Å². The van der Waals surface area contributed by atoms with E-state index in [4.69, 9.17) is 5.73 Å². The molecule has 1 aliphatic rings. The summed E-state index contributed by atoms with van der Waals surface area (Å²) < 4.78 is 0.927. The Morgan fingerprint density at radius 1 is 1.29 bits per heavy atom. The number of rotatable bonds is 4. The molecule has 1 aromatic heterocycles. The van der Waals surface area contributed by atoms with Gasteiger partial charge < -0.3 is 16.0 Å². The fourth-order valence-corrected chi connectivity index (χ4v) is 2.65. The lowest BCUT2D eigenvalue weighted by Gasteiger charge is -2.26. The number of nitrogens with zero attached hydrogens (tertiary/aromatic N) is 2. The molecule has 0 radical (unpaired) electrons. The summed E-state index contributed by atoms with van der Waals surface area (Å²) in [5.74, 6) is 0. The molecule has 3 N–H and O–H groups in total. The summed E-state index contributed by atoms with van der Waals surface area (Å²) >= 11 is 3.45. The molecule has 0 atom stereocenters. The first-order chi connectivity index (χ1) is 8.27. The second-order valence-corrected chi connectivity index (χ2v) is 5.27. The Morgan fingerprint density at radius 2 is 2.06 bits per heavy atom. The van der Waals surface area contributed by atoms with Gasteiger partial charge in [-0.3, -0.25) is 4.98 Å². The molecule has 0 amide bonds. The fraction of sp³-hybridized carbons (Fsp3) is 0.583. The number of piperidine rings is 1. The van der Waals surface area contributed by atoms with Crippen LogP contribution >= 0.6 is 15.9 Å². The van der Waals surface area contributed by atoms with Gasteiger partial charge >= 0.3 is 0 Å². The summed E-state index contributed by atoms with van der Waals surface area (Å²) in [6.45, 7) is 4.46. The molecule has 1 aromatic rings. The standard InChI is InChI=1S/C12H19BrN4/c13-10-8-15-9-11(14)12(10)16-4-7-17-5-2-1-3-6-17/h8-9H,1-7,14H2,(H,15,16). The van der Waals surface area contributed by atoms with Crippen molar-refractivity contribution in [3.8, 4) is 0 Å². The lowest BCUT2D eigenvalue weighted by atomic mass is 10.1. The highest BCUT2D eigenvalue weighted by Gasteiger charge is 2.10. The summed E-state index contributed by atoms with van der Waals surface area (Å²) in [7, 11) is 0. The van der Waals surface area contributed by atoms with Crippen molar-refractivity contribution in [2.75, 3.05) is 37.2 Å². The lowest BCUT2D eigenvalue weighted by Crippen LogP contribution is -2.33. The van der Waals surface area contributed by atoms with Crippen LogP contribution < -0.4 is 11.1 Å². The Balaban J connectivity index is 1.81. The van der Waals surface area contributed by atoms with Crippen LogP contribution in [0.4, 0.5) is 11.4 Å². The normalized spacial score (nSPS) is 17.0. The topological polar surface area (TPSA) is 54.2 Å². The second-order valence-electron chi connectivity index (χ2n) is 4.41. The third-order valence-corrected chi connectivity index (χ3v) is 3.71. The molecule has 0 bridgehead atoms. The van der Waals surface area contributed by atoms with Crippen molar-refractivity contribution in [1.82, 2.24) is 9.88 Å². The largest absolute Gasteiger partial charge is 0.396 e. The molecule has 1 saturated heterocycles. The van der Waals surface area contributed by atoms with E-state index < -0.39 is 0 Å². The number of likely N-dealkylation sites (tertiary alicyclic amines) is 1. The van der Waals surface area contributed by atoms with E-state index >= 15 is 0 Å². The van der Waals surface area contributed by atoms with Crippen LogP contribution in [-0.4, -0.2) is 36.1 Å². The molecule has 0 spiro atoms. The number of nitrogen functional groups attached to an aromatic ring is 1. The molecular formula is C12H19BrN4. The third kappa shape index (κ3) is 3.57. The molecule has 94 valence electrons. The molecule has 4 nitrogen and oxygen atoms in total. The van der Waals surface area contributed by atoms with E-state index in [1.807, 2.05) is 0 Å². The Hall–Kier alpha value is -0.810. The SMILES string of the molecule is Nc1cncc(Br)c1NCCN1CCCCC1. The van der Waals surface area contributed by atoms with Crippen LogP contribution in [0.15, 0.2) is 16.9 Å². The number of halogens is 1. The van der Waals surface area contributed by atoms with Crippen LogP contribution in [0.5, 0.6) is 0 Å². The minimum Gasteiger partial charge on any atom is -0.396 e. The van der Waals surface area contributed by atoms with Gasteiger partial charge in [-0.05, 0) is 41.9 Å². The van der Waals surface area contributed by atoms with Crippen molar-refractivity contribution < 1.29 is 0 Å². The second kappa shape index (κ2) is 6.21. The maximum atomic E-state index is 5.87. The number of aromatic nitrogens is 1. The van der Waals surface area contributed by atoms with Gasteiger partial charge in [0.1, 0.15) is 0 Å². The summed E-state index contributed by atoms with van der Waals surface area (Å²) in [6, 6.07) is 0. The van der Waals surface area contributed by atoms with Crippen LogP contribution in [0.1, 0.15) is 19.3 Å². The predicted molar refractivity (Wildman–Crippen MR) is 75.1 cm³/mol. The molecule has 2 heterocycles. The van der Waals surface area contributed by atoms with Crippen LogP contribution in [0.2, 0.25) is 0 Å². The minimum atomic E-state index is 0.693. The molecule has 0 aliphatic carbocycles. The first-order valence-corrected chi connectivity index (χ1v) is 6.92. The van der Waals surface area contributed by atoms with Crippen molar-refractivity contribution in [1.29, 1.82) is 0 Å². The zero-order chi connectivity index (χ0) is 12.1. The van der Waals surface area contributed by atoms with Gasteiger partial charge in [0.25, 0.3) is 0 Å². The summed E-state index contributed by atoms with van der Waals surface area (Å²) in [5.41, 5.74) is 7.52. The van der Waals surface area contributed by atoms with Gasteiger partial charge in [0.15, 0.2) is 0 Å². The van der Waals surface area contributed by atoms with Gasteiger partial charge in [-0.1, -0.05) is 6.42 Å². The van der Waals surface area contributed by atoms with Gasteiger partial charge in [0.2, 0.25) is 0 Å². The van der Waals surface area contributed by atoms with Gasteiger partial charge in [0, 0.05) is 19.3 Å². The number of nitrogens with two attached hydrogens (primary N) is 1. The smallest absolute Gasteiger partial charge is 0.0750 e. The maximum Gasteiger partial charge on any atom is 0.0750 e. The summed E-state index contributed by atoms with van der Waals surface area (Å²) in [4.78, 5) is 6.52. The minimum absolute atomic E-state index is 0.693. The Bertz CT molecular complexity index is 343. The van der Waals surface area contributed by atoms with Gasteiger partial charge in [-0.2, -0.15) is 0 Å². The molecule has 1 aliphatic heterocycles. The molecule has 1 fully saturated rings. The molecule has 2 rings (SSSR count). The van der Waals surface area contributed by atoms with Crippen LogP contribution in [0.25, 0.3) is 0 Å².